The normalized spacial score (nSPS) is 21.4. The van der Waals surface area contributed by atoms with E-state index >= 15 is 0 Å². The lowest BCUT2D eigenvalue weighted by molar-refractivity contribution is -0.121. The van der Waals surface area contributed by atoms with E-state index in [-0.39, 0.29) is 11.2 Å². The summed E-state index contributed by atoms with van der Waals surface area (Å²) in [5.74, 6) is 0.178. The van der Waals surface area contributed by atoms with E-state index in [0.717, 1.165) is 12.8 Å². The fraction of sp³-hybridized carbons (Fsp3) is 0.917. The second-order valence-electron chi connectivity index (χ2n) is 4.67. The zero-order chi connectivity index (χ0) is 12.0. The second-order valence-corrected chi connectivity index (χ2v) is 6.45. The number of nitrogens with one attached hydrogen (secondary N) is 1. The molecule has 3 nitrogen and oxygen atoms in total. The molecule has 94 valence electrons. The fourth-order valence-corrected chi connectivity index (χ4v) is 3.03. The summed E-state index contributed by atoms with van der Waals surface area (Å²) in [6.07, 6.45) is 6.13. The second kappa shape index (κ2) is 7.17. The summed E-state index contributed by atoms with van der Waals surface area (Å²) in [5.41, 5.74) is 5.55. The molecule has 0 radical (unpaired) electrons. The smallest absolute Gasteiger partial charge is 0.233 e. The Morgan fingerprint density at radius 1 is 1.38 bits per heavy atom. The average Bonchev–Trinajstić information content (AvgIpc) is 2.30. The summed E-state index contributed by atoms with van der Waals surface area (Å²) in [6.45, 7) is 4.66. The first kappa shape index (κ1) is 13.8. The zero-order valence-corrected chi connectivity index (χ0v) is 11.2. The van der Waals surface area contributed by atoms with Gasteiger partial charge in [0.2, 0.25) is 5.91 Å². The lowest BCUT2D eigenvalue weighted by atomic mass is 9.95. The summed E-state index contributed by atoms with van der Waals surface area (Å²) in [6, 6.07) is 0.414. The fourth-order valence-electron chi connectivity index (χ4n) is 2.03. The Hall–Kier alpha value is -0.220. The van der Waals surface area contributed by atoms with Crippen molar-refractivity contribution in [2.75, 3.05) is 6.54 Å². The summed E-state index contributed by atoms with van der Waals surface area (Å²) in [4.78, 5) is 11.9. The number of carbonyl (C=O) groups is 1. The van der Waals surface area contributed by atoms with E-state index in [1.54, 1.807) is 11.8 Å². The van der Waals surface area contributed by atoms with Gasteiger partial charge in [-0.25, -0.2) is 0 Å². The van der Waals surface area contributed by atoms with E-state index in [2.05, 4.69) is 12.2 Å². The van der Waals surface area contributed by atoms with Gasteiger partial charge in [-0.2, -0.15) is 0 Å². The Morgan fingerprint density at radius 3 is 2.56 bits per heavy atom. The molecule has 0 aromatic heterocycles. The van der Waals surface area contributed by atoms with E-state index in [1.807, 2.05) is 6.92 Å². The van der Waals surface area contributed by atoms with Crippen LogP contribution in [0, 0.1) is 0 Å². The molecule has 2 unspecified atom stereocenters. The van der Waals surface area contributed by atoms with E-state index in [1.165, 1.54) is 19.3 Å². The minimum atomic E-state index is 0.0143. The van der Waals surface area contributed by atoms with Gasteiger partial charge in [0.1, 0.15) is 0 Å². The Balaban J connectivity index is 2.27. The molecule has 0 saturated heterocycles. The van der Waals surface area contributed by atoms with Gasteiger partial charge in [-0.1, -0.05) is 26.2 Å². The van der Waals surface area contributed by atoms with Gasteiger partial charge in [0.05, 0.1) is 5.25 Å². The SMILES string of the molecule is CC(CN)SC(C)C(=O)NC1CCCCC1. The molecule has 0 spiro atoms. The Bertz CT molecular complexity index is 217. The molecule has 0 heterocycles. The van der Waals surface area contributed by atoms with Crippen LogP contribution in [-0.4, -0.2) is 29.0 Å². The van der Waals surface area contributed by atoms with Crippen LogP contribution in [0.1, 0.15) is 46.0 Å². The van der Waals surface area contributed by atoms with Crippen LogP contribution in [0.15, 0.2) is 0 Å². The van der Waals surface area contributed by atoms with E-state index < -0.39 is 0 Å². The Morgan fingerprint density at radius 2 is 2.00 bits per heavy atom. The van der Waals surface area contributed by atoms with Crippen LogP contribution in [0.25, 0.3) is 0 Å². The lowest BCUT2D eigenvalue weighted by Crippen LogP contribution is -2.41. The van der Waals surface area contributed by atoms with Gasteiger partial charge in [0, 0.05) is 17.8 Å². The molecular formula is C12H24N2OS. The number of hydrogen-bond donors (Lipinski definition) is 2. The van der Waals surface area contributed by atoms with Crippen molar-refractivity contribution in [1.29, 1.82) is 0 Å². The molecule has 1 aliphatic rings. The van der Waals surface area contributed by atoms with Crippen molar-refractivity contribution >= 4 is 17.7 Å². The van der Waals surface area contributed by atoms with Gasteiger partial charge in [-0.05, 0) is 19.8 Å². The molecule has 1 rings (SSSR count). The van der Waals surface area contributed by atoms with Gasteiger partial charge < -0.3 is 11.1 Å². The topological polar surface area (TPSA) is 55.1 Å². The van der Waals surface area contributed by atoms with Crippen LogP contribution in [0.2, 0.25) is 0 Å². The van der Waals surface area contributed by atoms with Gasteiger partial charge in [0.25, 0.3) is 0 Å². The minimum Gasteiger partial charge on any atom is -0.352 e. The third kappa shape index (κ3) is 4.74. The molecule has 1 aliphatic carbocycles. The summed E-state index contributed by atoms with van der Waals surface area (Å²) in [5, 5.41) is 3.52. The maximum absolute atomic E-state index is 11.9. The van der Waals surface area contributed by atoms with Crippen molar-refractivity contribution in [2.45, 2.75) is 62.5 Å². The van der Waals surface area contributed by atoms with E-state index in [4.69, 9.17) is 5.73 Å². The van der Waals surface area contributed by atoms with Crippen LogP contribution < -0.4 is 11.1 Å². The van der Waals surface area contributed by atoms with Crippen molar-refractivity contribution in [1.82, 2.24) is 5.32 Å². The molecule has 1 saturated carbocycles. The largest absolute Gasteiger partial charge is 0.352 e. The first-order chi connectivity index (χ1) is 7.63. The quantitative estimate of drug-likeness (QED) is 0.776. The van der Waals surface area contributed by atoms with Crippen LogP contribution in [0.5, 0.6) is 0 Å². The molecule has 1 fully saturated rings. The highest BCUT2D eigenvalue weighted by Crippen LogP contribution is 2.20. The molecule has 0 bridgehead atoms. The van der Waals surface area contributed by atoms with E-state index in [0.29, 0.717) is 17.8 Å². The molecule has 4 heteroatoms. The summed E-state index contributed by atoms with van der Waals surface area (Å²) >= 11 is 1.66. The van der Waals surface area contributed by atoms with Crippen molar-refractivity contribution in [3.63, 3.8) is 0 Å². The summed E-state index contributed by atoms with van der Waals surface area (Å²) in [7, 11) is 0. The minimum absolute atomic E-state index is 0.0143. The van der Waals surface area contributed by atoms with Gasteiger partial charge in [-0.3, -0.25) is 4.79 Å². The number of thioether (sulfide) groups is 1. The van der Waals surface area contributed by atoms with Crippen molar-refractivity contribution in [3.05, 3.63) is 0 Å². The number of amides is 1. The third-order valence-electron chi connectivity index (χ3n) is 3.09. The van der Waals surface area contributed by atoms with Crippen LogP contribution in [0.4, 0.5) is 0 Å². The standard InChI is InChI=1S/C12H24N2OS/c1-9(8-13)16-10(2)12(15)14-11-6-4-3-5-7-11/h9-11H,3-8,13H2,1-2H3,(H,14,15). The molecule has 0 aliphatic heterocycles. The Kier molecular flexibility index (Phi) is 6.21. The van der Waals surface area contributed by atoms with Crippen molar-refractivity contribution < 1.29 is 4.79 Å². The molecule has 16 heavy (non-hydrogen) atoms. The van der Waals surface area contributed by atoms with Crippen LogP contribution in [0.3, 0.4) is 0 Å². The molecule has 2 atom stereocenters. The van der Waals surface area contributed by atoms with E-state index in [9.17, 15) is 4.79 Å². The zero-order valence-electron chi connectivity index (χ0n) is 10.4. The first-order valence-corrected chi connectivity index (χ1v) is 7.23. The predicted molar refractivity (Wildman–Crippen MR) is 70.6 cm³/mol. The highest BCUT2D eigenvalue weighted by molar-refractivity contribution is 8.01. The van der Waals surface area contributed by atoms with Crippen molar-refractivity contribution in [3.8, 4) is 0 Å². The Labute approximate surface area is 103 Å². The predicted octanol–water partition coefficient (Wildman–Crippen LogP) is 1.90. The number of nitrogens with two attached hydrogens (primary N) is 1. The summed E-state index contributed by atoms with van der Waals surface area (Å²) < 4.78 is 0. The maximum atomic E-state index is 11.9. The van der Waals surface area contributed by atoms with Gasteiger partial charge in [0.15, 0.2) is 0 Å². The first-order valence-electron chi connectivity index (χ1n) is 6.29. The maximum Gasteiger partial charge on any atom is 0.233 e. The highest BCUT2D eigenvalue weighted by Gasteiger charge is 2.20. The van der Waals surface area contributed by atoms with Gasteiger partial charge >= 0.3 is 0 Å². The third-order valence-corrected chi connectivity index (χ3v) is 4.37. The average molecular weight is 244 g/mol. The number of carbonyl (C=O) groups excluding carboxylic acids is 1. The molecule has 1 amide bonds. The highest BCUT2D eigenvalue weighted by atomic mass is 32.2. The van der Waals surface area contributed by atoms with Crippen LogP contribution >= 0.6 is 11.8 Å². The molecule has 0 aromatic carbocycles. The van der Waals surface area contributed by atoms with Crippen molar-refractivity contribution in [2.24, 2.45) is 5.73 Å². The van der Waals surface area contributed by atoms with Gasteiger partial charge in [-0.15, -0.1) is 11.8 Å². The van der Waals surface area contributed by atoms with Crippen LogP contribution in [-0.2, 0) is 4.79 Å². The number of hydrogen-bond acceptors (Lipinski definition) is 3. The molecule has 3 N–H and O–H groups in total. The lowest BCUT2D eigenvalue weighted by Gasteiger charge is -2.25. The molecular weight excluding hydrogens is 220 g/mol. The monoisotopic (exact) mass is 244 g/mol. The molecule has 0 aromatic rings. The number of rotatable bonds is 5.